The van der Waals surface area contributed by atoms with Gasteiger partial charge in [0.2, 0.25) is 0 Å². The zero-order valence-corrected chi connectivity index (χ0v) is 15.0. The van der Waals surface area contributed by atoms with E-state index in [1.54, 1.807) is 4.90 Å². The normalized spacial score (nSPS) is 16.4. The molecule has 7 heteroatoms. The third kappa shape index (κ3) is 6.96. The summed E-state index contributed by atoms with van der Waals surface area (Å²) in [6, 6.07) is 9.62. The maximum Gasteiger partial charge on any atom is 0.410 e. The van der Waals surface area contributed by atoms with Crippen LogP contribution in [-0.4, -0.2) is 57.9 Å². The number of aliphatic hydroxyl groups excluding tert-OH is 1. The number of ether oxygens (including phenoxy) is 1. The van der Waals surface area contributed by atoms with E-state index >= 15 is 0 Å². The van der Waals surface area contributed by atoms with Crippen LogP contribution in [0.25, 0.3) is 0 Å². The van der Waals surface area contributed by atoms with Crippen molar-refractivity contribution in [3.8, 4) is 0 Å². The van der Waals surface area contributed by atoms with Crippen LogP contribution in [-0.2, 0) is 16.1 Å². The molecule has 25 heavy (non-hydrogen) atoms. The van der Waals surface area contributed by atoms with Crippen LogP contribution in [0.5, 0.6) is 0 Å². The summed E-state index contributed by atoms with van der Waals surface area (Å²) < 4.78 is 5.35. The standard InChI is InChI=1S/C18H25NO5S/c20-16(17(21)22)13-25-11-8-14-6-9-19(10-7-14)18(23)24-12-15-4-2-1-3-5-15/h1-5,14,16,20H,6-13H2,(H,21,22)/t16-/m1/s1. The fraction of sp³-hybridized carbons (Fsp3) is 0.556. The molecule has 138 valence electrons. The van der Waals surface area contributed by atoms with E-state index in [-0.39, 0.29) is 11.8 Å². The monoisotopic (exact) mass is 367 g/mol. The summed E-state index contributed by atoms with van der Waals surface area (Å²) in [6.45, 7) is 1.68. The molecule has 0 radical (unpaired) electrons. The predicted molar refractivity (Wildman–Crippen MR) is 96.5 cm³/mol. The van der Waals surface area contributed by atoms with Crippen molar-refractivity contribution in [2.75, 3.05) is 24.6 Å². The molecule has 0 aliphatic carbocycles. The minimum atomic E-state index is -1.29. The molecule has 0 unspecified atom stereocenters. The largest absolute Gasteiger partial charge is 0.479 e. The highest BCUT2D eigenvalue weighted by Gasteiger charge is 2.23. The first-order valence-electron chi connectivity index (χ1n) is 8.50. The van der Waals surface area contributed by atoms with Crippen LogP contribution >= 0.6 is 11.8 Å². The Balaban J connectivity index is 1.59. The van der Waals surface area contributed by atoms with E-state index in [0.29, 0.717) is 25.6 Å². The highest BCUT2D eigenvalue weighted by atomic mass is 32.2. The zero-order chi connectivity index (χ0) is 18.1. The molecule has 2 rings (SSSR count). The number of amides is 1. The first kappa shape index (κ1) is 19.6. The average molecular weight is 367 g/mol. The second-order valence-corrected chi connectivity index (χ2v) is 7.34. The summed E-state index contributed by atoms with van der Waals surface area (Å²) in [6.07, 6.45) is 1.29. The molecule has 0 saturated carbocycles. The van der Waals surface area contributed by atoms with E-state index in [1.807, 2.05) is 30.3 Å². The predicted octanol–water partition coefficient (Wildman–Crippen LogP) is 2.60. The van der Waals surface area contributed by atoms with Gasteiger partial charge in [0.1, 0.15) is 6.61 Å². The average Bonchev–Trinajstić information content (AvgIpc) is 2.64. The smallest absolute Gasteiger partial charge is 0.410 e. The number of carbonyl (C=O) groups is 2. The SMILES string of the molecule is O=C(O)[C@H](O)CSCCC1CCN(C(=O)OCc2ccccc2)CC1. The molecular formula is C18H25NO5S. The number of hydrogen-bond acceptors (Lipinski definition) is 5. The number of aliphatic carboxylic acids is 1. The summed E-state index contributed by atoms with van der Waals surface area (Å²) in [5, 5.41) is 17.8. The minimum Gasteiger partial charge on any atom is -0.479 e. The number of nitrogens with zero attached hydrogens (tertiary/aromatic N) is 1. The van der Waals surface area contributed by atoms with Crippen LogP contribution < -0.4 is 0 Å². The van der Waals surface area contributed by atoms with E-state index in [4.69, 9.17) is 9.84 Å². The Labute approximate surface area is 152 Å². The summed E-state index contributed by atoms with van der Waals surface area (Å²) in [5.74, 6) is 0.412. The maximum atomic E-state index is 12.1. The van der Waals surface area contributed by atoms with Gasteiger partial charge < -0.3 is 19.8 Å². The lowest BCUT2D eigenvalue weighted by Crippen LogP contribution is -2.38. The lowest BCUT2D eigenvalue weighted by atomic mass is 9.95. The number of aliphatic hydroxyl groups is 1. The highest BCUT2D eigenvalue weighted by Crippen LogP contribution is 2.23. The number of carbonyl (C=O) groups excluding carboxylic acids is 1. The lowest BCUT2D eigenvalue weighted by molar-refractivity contribution is -0.145. The minimum absolute atomic E-state index is 0.222. The zero-order valence-electron chi connectivity index (χ0n) is 14.2. The van der Waals surface area contributed by atoms with Crippen molar-refractivity contribution in [3.63, 3.8) is 0 Å². The van der Waals surface area contributed by atoms with Gasteiger partial charge in [-0.3, -0.25) is 0 Å². The van der Waals surface area contributed by atoms with Gasteiger partial charge in [-0.25, -0.2) is 9.59 Å². The Morgan fingerprint density at radius 2 is 1.92 bits per heavy atom. The highest BCUT2D eigenvalue weighted by molar-refractivity contribution is 7.99. The van der Waals surface area contributed by atoms with Gasteiger partial charge in [-0.1, -0.05) is 30.3 Å². The number of piperidine rings is 1. The molecule has 1 amide bonds. The van der Waals surface area contributed by atoms with E-state index in [1.165, 1.54) is 11.8 Å². The third-order valence-corrected chi connectivity index (χ3v) is 5.38. The van der Waals surface area contributed by atoms with Crippen LogP contribution in [0.3, 0.4) is 0 Å². The van der Waals surface area contributed by atoms with E-state index < -0.39 is 12.1 Å². The second kappa shape index (κ2) is 10.3. The van der Waals surface area contributed by atoms with Crippen molar-refractivity contribution in [3.05, 3.63) is 35.9 Å². The summed E-state index contributed by atoms with van der Waals surface area (Å²) >= 11 is 1.46. The summed E-state index contributed by atoms with van der Waals surface area (Å²) in [7, 11) is 0. The Bertz CT molecular complexity index is 546. The Morgan fingerprint density at radius 3 is 2.56 bits per heavy atom. The molecular weight excluding hydrogens is 342 g/mol. The van der Waals surface area contributed by atoms with Crippen LogP contribution in [0.2, 0.25) is 0 Å². The van der Waals surface area contributed by atoms with Gasteiger partial charge in [0.15, 0.2) is 6.10 Å². The third-order valence-electron chi connectivity index (χ3n) is 4.31. The van der Waals surface area contributed by atoms with E-state index in [0.717, 1.165) is 30.6 Å². The number of likely N-dealkylation sites (tertiary alicyclic amines) is 1. The molecule has 1 fully saturated rings. The molecule has 0 bridgehead atoms. The molecule has 0 spiro atoms. The van der Waals surface area contributed by atoms with Crippen LogP contribution in [0.4, 0.5) is 4.79 Å². The number of carboxylic acid groups (broad SMARTS) is 1. The fourth-order valence-corrected chi connectivity index (χ4v) is 3.76. The number of carboxylic acids is 1. The molecule has 6 nitrogen and oxygen atoms in total. The number of hydrogen-bond donors (Lipinski definition) is 2. The van der Waals surface area contributed by atoms with E-state index in [2.05, 4.69) is 0 Å². The van der Waals surface area contributed by atoms with Gasteiger partial charge in [0.05, 0.1) is 0 Å². The number of thioether (sulfide) groups is 1. The molecule has 1 saturated heterocycles. The molecule has 1 atom stereocenters. The van der Waals surface area contributed by atoms with Crippen molar-refractivity contribution < 1.29 is 24.5 Å². The summed E-state index contributed by atoms with van der Waals surface area (Å²) in [4.78, 5) is 24.4. The fourth-order valence-electron chi connectivity index (χ4n) is 2.73. The van der Waals surface area contributed by atoms with E-state index in [9.17, 15) is 14.7 Å². The molecule has 1 heterocycles. The summed E-state index contributed by atoms with van der Waals surface area (Å²) in [5.41, 5.74) is 0.978. The van der Waals surface area contributed by atoms with Crippen molar-refractivity contribution in [2.45, 2.75) is 32.0 Å². The topological polar surface area (TPSA) is 87.1 Å². The van der Waals surface area contributed by atoms with Gasteiger partial charge in [0.25, 0.3) is 0 Å². The van der Waals surface area contributed by atoms with Crippen molar-refractivity contribution in [2.24, 2.45) is 5.92 Å². The lowest BCUT2D eigenvalue weighted by Gasteiger charge is -2.31. The van der Waals surface area contributed by atoms with Gasteiger partial charge in [0, 0.05) is 18.8 Å². The van der Waals surface area contributed by atoms with Gasteiger partial charge in [-0.2, -0.15) is 11.8 Å². The molecule has 0 aromatic heterocycles. The second-order valence-electron chi connectivity index (χ2n) is 6.19. The first-order chi connectivity index (χ1) is 12.1. The van der Waals surface area contributed by atoms with Crippen LogP contribution in [0, 0.1) is 5.92 Å². The van der Waals surface area contributed by atoms with Crippen molar-refractivity contribution in [1.82, 2.24) is 4.90 Å². The van der Waals surface area contributed by atoms with Gasteiger partial charge >= 0.3 is 12.1 Å². The quantitative estimate of drug-likeness (QED) is 0.687. The number of rotatable bonds is 8. The van der Waals surface area contributed by atoms with Gasteiger partial charge in [-0.15, -0.1) is 0 Å². The molecule has 1 aliphatic rings. The number of benzene rings is 1. The Hall–Kier alpha value is -1.73. The van der Waals surface area contributed by atoms with Crippen LogP contribution in [0.15, 0.2) is 30.3 Å². The molecule has 1 aromatic rings. The van der Waals surface area contributed by atoms with Crippen LogP contribution in [0.1, 0.15) is 24.8 Å². The first-order valence-corrected chi connectivity index (χ1v) is 9.66. The Kier molecular flexibility index (Phi) is 8.08. The Morgan fingerprint density at radius 1 is 1.24 bits per heavy atom. The van der Waals surface area contributed by atoms with Crippen molar-refractivity contribution >= 4 is 23.8 Å². The molecule has 1 aromatic carbocycles. The maximum absolute atomic E-state index is 12.1. The molecule has 2 N–H and O–H groups in total. The molecule has 1 aliphatic heterocycles. The van der Waals surface area contributed by atoms with Gasteiger partial charge in [-0.05, 0) is 36.5 Å². The van der Waals surface area contributed by atoms with Crippen molar-refractivity contribution in [1.29, 1.82) is 0 Å².